The Labute approximate surface area is 140 Å². The van der Waals surface area contributed by atoms with E-state index in [1.165, 1.54) is 18.5 Å². The van der Waals surface area contributed by atoms with Crippen molar-refractivity contribution < 1.29 is 9.90 Å². The molecule has 126 valence electrons. The average molecular weight is 336 g/mol. The first-order chi connectivity index (χ1) is 11.0. The van der Waals surface area contributed by atoms with Gasteiger partial charge in [-0.1, -0.05) is 6.92 Å². The number of hydrogen-bond acceptors (Lipinski definition) is 5. The number of aromatic amines is 1. The molecule has 1 aliphatic carbocycles. The van der Waals surface area contributed by atoms with E-state index in [2.05, 4.69) is 28.1 Å². The van der Waals surface area contributed by atoms with Crippen molar-refractivity contribution in [3.8, 4) is 0 Å². The third kappa shape index (κ3) is 2.74. The Morgan fingerprint density at radius 1 is 1.30 bits per heavy atom. The van der Waals surface area contributed by atoms with E-state index >= 15 is 0 Å². The molecule has 2 N–H and O–H groups in total. The molecule has 1 saturated carbocycles. The van der Waals surface area contributed by atoms with Crippen molar-refractivity contribution in [3.05, 3.63) is 11.8 Å². The molecule has 2 aliphatic heterocycles. The van der Waals surface area contributed by atoms with Crippen LogP contribution in [0.15, 0.2) is 6.07 Å². The van der Waals surface area contributed by atoms with E-state index in [0.29, 0.717) is 30.7 Å². The van der Waals surface area contributed by atoms with Crippen LogP contribution in [0, 0.1) is 0 Å². The molecule has 23 heavy (non-hydrogen) atoms. The van der Waals surface area contributed by atoms with E-state index in [-0.39, 0.29) is 5.91 Å². The predicted octanol–water partition coefficient (Wildman–Crippen LogP) is 0.978. The third-order valence-corrected chi connectivity index (χ3v) is 6.68. The summed E-state index contributed by atoms with van der Waals surface area (Å²) in [5, 5.41) is 18.1. The van der Waals surface area contributed by atoms with Gasteiger partial charge < -0.3 is 14.9 Å². The zero-order valence-electron chi connectivity index (χ0n) is 13.5. The van der Waals surface area contributed by atoms with E-state index < -0.39 is 5.60 Å². The van der Waals surface area contributed by atoms with Crippen LogP contribution in [0.25, 0.3) is 0 Å². The zero-order valence-corrected chi connectivity index (χ0v) is 14.4. The largest absolute Gasteiger partial charge is 0.379 e. The van der Waals surface area contributed by atoms with Gasteiger partial charge in [0.05, 0.1) is 0 Å². The minimum absolute atomic E-state index is 0.0876. The third-order valence-electron chi connectivity index (χ3n) is 5.50. The molecule has 1 aromatic rings. The number of hydrogen-bond donors (Lipinski definition) is 2. The average Bonchev–Trinajstić information content (AvgIpc) is 2.98. The van der Waals surface area contributed by atoms with Gasteiger partial charge >= 0.3 is 0 Å². The number of thioether (sulfide) groups is 1. The number of amides is 1. The van der Waals surface area contributed by atoms with E-state index in [9.17, 15) is 9.90 Å². The van der Waals surface area contributed by atoms with Crippen molar-refractivity contribution >= 4 is 23.5 Å². The Morgan fingerprint density at radius 2 is 2.04 bits per heavy atom. The second kappa shape index (κ2) is 5.41. The quantitative estimate of drug-likeness (QED) is 0.861. The summed E-state index contributed by atoms with van der Waals surface area (Å²) in [6.07, 6.45) is 3.04. The molecule has 1 aromatic heterocycles. The van der Waals surface area contributed by atoms with Crippen LogP contribution in [-0.2, 0) is 10.2 Å². The molecule has 0 radical (unpaired) electrons. The summed E-state index contributed by atoms with van der Waals surface area (Å²) >= 11 is 1.66. The van der Waals surface area contributed by atoms with Gasteiger partial charge in [0, 0.05) is 49.1 Å². The van der Waals surface area contributed by atoms with Gasteiger partial charge in [-0.3, -0.25) is 9.89 Å². The lowest BCUT2D eigenvalue weighted by Crippen LogP contribution is -2.56. The molecule has 1 atom stereocenters. The molecule has 3 fully saturated rings. The monoisotopic (exact) mass is 336 g/mol. The SMILES string of the molecule is CC1(c2cc(N3CCN(C(=O)C4(O)CCSC4)CC3)n[nH]2)CC1. The lowest BCUT2D eigenvalue weighted by molar-refractivity contribution is -0.149. The van der Waals surface area contributed by atoms with Crippen LogP contribution in [0.5, 0.6) is 0 Å². The summed E-state index contributed by atoms with van der Waals surface area (Å²) in [5.41, 5.74) is 0.391. The predicted molar refractivity (Wildman–Crippen MR) is 90.9 cm³/mol. The van der Waals surface area contributed by atoms with Gasteiger partial charge in [0.25, 0.3) is 5.91 Å². The van der Waals surface area contributed by atoms with Crippen molar-refractivity contribution in [2.24, 2.45) is 0 Å². The van der Waals surface area contributed by atoms with E-state index in [4.69, 9.17) is 0 Å². The van der Waals surface area contributed by atoms with Crippen molar-refractivity contribution in [1.82, 2.24) is 15.1 Å². The summed E-state index contributed by atoms with van der Waals surface area (Å²) in [4.78, 5) is 16.6. The van der Waals surface area contributed by atoms with Crippen LogP contribution in [0.2, 0.25) is 0 Å². The van der Waals surface area contributed by atoms with Gasteiger partial charge in [-0.05, 0) is 25.0 Å². The van der Waals surface area contributed by atoms with Gasteiger partial charge in [0.15, 0.2) is 11.4 Å². The van der Waals surface area contributed by atoms with Crippen LogP contribution < -0.4 is 4.90 Å². The Kier molecular flexibility index (Phi) is 3.61. The van der Waals surface area contributed by atoms with Gasteiger partial charge in [0.2, 0.25) is 0 Å². The lowest BCUT2D eigenvalue weighted by Gasteiger charge is -2.37. The summed E-state index contributed by atoms with van der Waals surface area (Å²) in [7, 11) is 0. The van der Waals surface area contributed by atoms with Crippen LogP contribution >= 0.6 is 11.8 Å². The Balaban J connectivity index is 1.37. The summed E-state index contributed by atoms with van der Waals surface area (Å²) in [6, 6.07) is 2.16. The second-order valence-electron chi connectivity index (χ2n) is 7.31. The number of nitrogens with one attached hydrogen (secondary N) is 1. The highest BCUT2D eigenvalue weighted by atomic mass is 32.2. The van der Waals surface area contributed by atoms with Crippen LogP contribution in [0.1, 0.15) is 31.9 Å². The van der Waals surface area contributed by atoms with Crippen molar-refractivity contribution in [2.45, 2.75) is 37.2 Å². The maximum absolute atomic E-state index is 12.5. The molecule has 7 heteroatoms. The fourth-order valence-electron chi connectivity index (χ4n) is 3.39. The van der Waals surface area contributed by atoms with Crippen molar-refractivity contribution in [1.29, 1.82) is 0 Å². The molecule has 3 heterocycles. The smallest absolute Gasteiger partial charge is 0.255 e. The van der Waals surface area contributed by atoms with E-state index in [1.54, 1.807) is 11.8 Å². The van der Waals surface area contributed by atoms with Gasteiger partial charge in [0.1, 0.15) is 0 Å². The van der Waals surface area contributed by atoms with E-state index in [0.717, 1.165) is 24.7 Å². The number of nitrogens with zero attached hydrogens (tertiary/aromatic N) is 3. The number of piperazine rings is 1. The minimum atomic E-state index is -1.13. The van der Waals surface area contributed by atoms with Gasteiger partial charge in [-0.15, -0.1) is 0 Å². The van der Waals surface area contributed by atoms with Gasteiger partial charge in [-0.2, -0.15) is 16.9 Å². The first-order valence-corrected chi connectivity index (χ1v) is 9.56. The van der Waals surface area contributed by atoms with Crippen LogP contribution in [0.3, 0.4) is 0 Å². The molecule has 3 aliphatic rings. The Bertz CT molecular complexity index is 599. The van der Waals surface area contributed by atoms with Crippen molar-refractivity contribution in [3.63, 3.8) is 0 Å². The molecule has 6 nitrogen and oxygen atoms in total. The number of rotatable bonds is 3. The summed E-state index contributed by atoms with van der Waals surface area (Å²) in [5.74, 6) is 2.30. The normalized spacial score (nSPS) is 29.8. The summed E-state index contributed by atoms with van der Waals surface area (Å²) in [6.45, 7) is 5.13. The molecule has 2 saturated heterocycles. The fraction of sp³-hybridized carbons (Fsp3) is 0.750. The molecular formula is C16H24N4O2S. The Morgan fingerprint density at radius 3 is 2.65 bits per heavy atom. The Hall–Kier alpha value is -1.21. The number of carbonyl (C=O) groups is 1. The minimum Gasteiger partial charge on any atom is -0.379 e. The lowest BCUT2D eigenvalue weighted by atomic mass is 10.0. The van der Waals surface area contributed by atoms with Crippen LogP contribution in [-0.4, -0.2) is 69.4 Å². The molecule has 0 spiro atoms. The number of aliphatic hydroxyl groups is 1. The molecule has 0 bridgehead atoms. The number of H-pyrrole nitrogens is 1. The standard InChI is InChI=1S/C16H24N4O2S/c1-15(2-3-15)12-10-13(18-17-12)19-5-7-20(8-6-19)14(21)16(22)4-9-23-11-16/h10,22H,2-9,11H2,1H3,(H,17,18). The first-order valence-electron chi connectivity index (χ1n) is 8.41. The highest BCUT2D eigenvalue weighted by Gasteiger charge is 2.43. The molecule has 1 unspecified atom stereocenters. The fourth-order valence-corrected chi connectivity index (χ4v) is 4.63. The maximum Gasteiger partial charge on any atom is 0.255 e. The molecule has 0 aromatic carbocycles. The summed E-state index contributed by atoms with van der Waals surface area (Å²) < 4.78 is 0. The maximum atomic E-state index is 12.5. The number of aromatic nitrogens is 2. The number of carbonyl (C=O) groups excluding carboxylic acids is 1. The zero-order chi connectivity index (χ0) is 16.1. The highest BCUT2D eigenvalue weighted by Crippen LogP contribution is 2.47. The topological polar surface area (TPSA) is 72.5 Å². The second-order valence-corrected chi connectivity index (χ2v) is 8.42. The van der Waals surface area contributed by atoms with Crippen LogP contribution in [0.4, 0.5) is 5.82 Å². The van der Waals surface area contributed by atoms with Crippen molar-refractivity contribution in [2.75, 3.05) is 42.6 Å². The molecular weight excluding hydrogens is 312 g/mol. The molecule has 1 amide bonds. The number of anilines is 1. The van der Waals surface area contributed by atoms with E-state index in [1.807, 2.05) is 4.90 Å². The molecule has 4 rings (SSSR count). The first kappa shape index (κ1) is 15.3. The highest BCUT2D eigenvalue weighted by molar-refractivity contribution is 7.99. The van der Waals surface area contributed by atoms with Gasteiger partial charge in [-0.25, -0.2) is 0 Å².